The summed E-state index contributed by atoms with van der Waals surface area (Å²) < 4.78 is 37.3. The standard InChI is InChI=1S/C20H19NO6S/c1-13-8-9-17-15(11-19(22)27-18(17)10-13)12-26-20(23)14(2)21-28(24,25)16-6-4-3-5-7-16/h3-11,14,21H,12H2,1-2H3/t14-/m0/s1. The maximum Gasteiger partial charge on any atom is 0.336 e. The molecule has 0 bridgehead atoms. The number of hydrogen-bond donors (Lipinski definition) is 1. The monoisotopic (exact) mass is 401 g/mol. The first-order chi connectivity index (χ1) is 13.3. The van der Waals surface area contributed by atoms with Gasteiger partial charge >= 0.3 is 11.6 Å². The van der Waals surface area contributed by atoms with E-state index in [2.05, 4.69) is 4.72 Å². The number of carbonyl (C=O) groups excluding carboxylic acids is 1. The molecule has 0 radical (unpaired) electrons. The number of fused-ring (bicyclic) bond motifs is 1. The van der Waals surface area contributed by atoms with Gasteiger partial charge in [0.25, 0.3) is 0 Å². The van der Waals surface area contributed by atoms with E-state index < -0.39 is 27.7 Å². The topological polar surface area (TPSA) is 103 Å². The van der Waals surface area contributed by atoms with Gasteiger partial charge in [0.15, 0.2) is 0 Å². The van der Waals surface area contributed by atoms with E-state index >= 15 is 0 Å². The minimum atomic E-state index is -3.85. The average Bonchev–Trinajstić information content (AvgIpc) is 2.65. The van der Waals surface area contributed by atoms with Crippen molar-refractivity contribution in [2.75, 3.05) is 0 Å². The number of hydrogen-bond acceptors (Lipinski definition) is 6. The summed E-state index contributed by atoms with van der Waals surface area (Å²) in [6, 6.07) is 13.2. The van der Waals surface area contributed by atoms with Crippen molar-refractivity contribution in [3.63, 3.8) is 0 Å². The Morgan fingerprint density at radius 1 is 1.14 bits per heavy atom. The van der Waals surface area contributed by atoms with Crippen molar-refractivity contribution in [1.29, 1.82) is 0 Å². The fourth-order valence-electron chi connectivity index (χ4n) is 2.68. The van der Waals surface area contributed by atoms with Crippen molar-refractivity contribution in [2.45, 2.75) is 31.4 Å². The molecule has 2 aromatic carbocycles. The molecule has 0 amide bonds. The molecule has 0 fully saturated rings. The second-order valence-corrected chi connectivity index (χ2v) is 8.07. The van der Waals surface area contributed by atoms with E-state index in [9.17, 15) is 18.0 Å². The minimum Gasteiger partial charge on any atom is -0.460 e. The molecule has 3 aromatic rings. The van der Waals surface area contributed by atoms with Crippen LogP contribution >= 0.6 is 0 Å². The zero-order chi connectivity index (χ0) is 20.3. The lowest BCUT2D eigenvalue weighted by atomic mass is 10.1. The quantitative estimate of drug-likeness (QED) is 0.503. The minimum absolute atomic E-state index is 0.0525. The molecule has 1 heterocycles. The van der Waals surface area contributed by atoms with Crippen molar-refractivity contribution in [2.24, 2.45) is 0 Å². The van der Waals surface area contributed by atoms with Crippen LogP contribution in [0.5, 0.6) is 0 Å². The van der Waals surface area contributed by atoms with Gasteiger partial charge in [-0.05, 0) is 37.6 Å². The van der Waals surface area contributed by atoms with Gasteiger partial charge in [-0.2, -0.15) is 4.72 Å². The molecule has 0 saturated heterocycles. The number of nitrogens with one attached hydrogen (secondary N) is 1. The maximum atomic E-state index is 12.3. The fourth-order valence-corrected chi connectivity index (χ4v) is 3.89. The van der Waals surface area contributed by atoms with Gasteiger partial charge in [0.2, 0.25) is 10.0 Å². The van der Waals surface area contributed by atoms with Crippen molar-refractivity contribution in [3.8, 4) is 0 Å². The molecule has 3 rings (SSSR count). The maximum absolute atomic E-state index is 12.3. The first-order valence-corrected chi connectivity index (χ1v) is 10.0. The van der Waals surface area contributed by atoms with Gasteiger partial charge in [0.05, 0.1) is 4.90 Å². The molecule has 0 aliphatic rings. The second-order valence-electron chi connectivity index (χ2n) is 6.35. The summed E-state index contributed by atoms with van der Waals surface area (Å²) in [5.74, 6) is -0.756. The third kappa shape index (κ3) is 4.47. The third-order valence-electron chi connectivity index (χ3n) is 4.09. The summed E-state index contributed by atoms with van der Waals surface area (Å²) in [5, 5.41) is 0.649. The number of aryl methyl sites for hydroxylation is 1. The molecule has 0 unspecified atom stereocenters. The second kappa shape index (κ2) is 7.95. The number of ether oxygens (including phenoxy) is 1. The number of rotatable bonds is 6. The van der Waals surface area contributed by atoms with E-state index in [-0.39, 0.29) is 11.5 Å². The smallest absolute Gasteiger partial charge is 0.336 e. The zero-order valence-electron chi connectivity index (χ0n) is 15.3. The molecule has 1 N–H and O–H groups in total. The molecular weight excluding hydrogens is 382 g/mol. The molecule has 7 nitrogen and oxygen atoms in total. The average molecular weight is 401 g/mol. The van der Waals surface area contributed by atoms with Crippen LogP contribution in [0.2, 0.25) is 0 Å². The van der Waals surface area contributed by atoms with Gasteiger partial charge < -0.3 is 9.15 Å². The Hall–Kier alpha value is -2.97. The van der Waals surface area contributed by atoms with Crippen LogP contribution in [0.15, 0.2) is 68.7 Å². The Morgan fingerprint density at radius 3 is 2.57 bits per heavy atom. The van der Waals surface area contributed by atoms with Crippen LogP contribution in [0.1, 0.15) is 18.1 Å². The van der Waals surface area contributed by atoms with Gasteiger partial charge in [-0.25, -0.2) is 13.2 Å². The number of sulfonamides is 1. The highest BCUT2D eigenvalue weighted by Crippen LogP contribution is 2.19. The van der Waals surface area contributed by atoms with Crippen LogP contribution in [0.25, 0.3) is 11.0 Å². The summed E-state index contributed by atoms with van der Waals surface area (Å²) in [6.45, 7) is 3.08. The number of benzene rings is 2. The van der Waals surface area contributed by atoms with Gasteiger partial charge in [-0.15, -0.1) is 0 Å². The highest BCUT2D eigenvalue weighted by atomic mass is 32.2. The Kier molecular flexibility index (Phi) is 5.62. The predicted molar refractivity (Wildman–Crippen MR) is 103 cm³/mol. The van der Waals surface area contributed by atoms with Crippen molar-refractivity contribution in [3.05, 3.63) is 76.1 Å². The fraction of sp³-hybridized carbons (Fsp3) is 0.200. The first-order valence-electron chi connectivity index (χ1n) is 8.54. The number of esters is 1. The van der Waals surface area contributed by atoms with E-state index in [1.165, 1.54) is 25.1 Å². The molecule has 1 atom stereocenters. The Bertz CT molecular complexity index is 1170. The van der Waals surface area contributed by atoms with E-state index in [1.807, 2.05) is 13.0 Å². The highest BCUT2D eigenvalue weighted by molar-refractivity contribution is 7.89. The van der Waals surface area contributed by atoms with Gasteiger partial charge in [0, 0.05) is 17.0 Å². The molecule has 0 saturated carbocycles. The summed E-state index contributed by atoms with van der Waals surface area (Å²) in [5.41, 5.74) is 1.25. The van der Waals surface area contributed by atoms with Gasteiger partial charge in [-0.1, -0.05) is 30.3 Å². The normalized spacial score (nSPS) is 12.6. The lowest BCUT2D eigenvalue weighted by molar-refractivity contribution is -0.146. The van der Waals surface area contributed by atoms with Crippen LogP contribution in [0, 0.1) is 6.92 Å². The lowest BCUT2D eigenvalue weighted by Crippen LogP contribution is -2.39. The predicted octanol–water partition coefficient (Wildman–Crippen LogP) is 2.51. The molecule has 0 spiro atoms. The highest BCUT2D eigenvalue weighted by Gasteiger charge is 2.23. The molecule has 0 aliphatic heterocycles. The number of carbonyl (C=O) groups is 1. The van der Waals surface area contributed by atoms with E-state index in [4.69, 9.17) is 9.15 Å². The molecule has 28 heavy (non-hydrogen) atoms. The van der Waals surface area contributed by atoms with Crippen LogP contribution in [-0.4, -0.2) is 20.4 Å². The van der Waals surface area contributed by atoms with Crippen LogP contribution in [-0.2, 0) is 26.2 Å². The van der Waals surface area contributed by atoms with Gasteiger partial charge in [-0.3, -0.25) is 4.79 Å². The Labute approximate surface area is 162 Å². The Morgan fingerprint density at radius 2 is 1.86 bits per heavy atom. The van der Waals surface area contributed by atoms with Crippen LogP contribution in [0.4, 0.5) is 0 Å². The summed E-state index contributed by atoms with van der Waals surface area (Å²) >= 11 is 0. The van der Waals surface area contributed by atoms with Crippen molar-refractivity contribution < 1.29 is 22.4 Å². The first kappa shape index (κ1) is 19.8. The SMILES string of the molecule is Cc1ccc2c(COC(=O)[C@H](C)NS(=O)(=O)c3ccccc3)cc(=O)oc2c1. The van der Waals surface area contributed by atoms with E-state index in [0.717, 1.165) is 5.56 Å². The van der Waals surface area contributed by atoms with Crippen LogP contribution < -0.4 is 10.3 Å². The lowest BCUT2D eigenvalue weighted by Gasteiger charge is -2.14. The third-order valence-corrected chi connectivity index (χ3v) is 5.65. The summed E-state index contributed by atoms with van der Waals surface area (Å²) in [7, 11) is -3.85. The summed E-state index contributed by atoms with van der Waals surface area (Å²) in [6.07, 6.45) is 0. The molecule has 0 aliphatic carbocycles. The molecule has 1 aromatic heterocycles. The molecule has 146 valence electrons. The van der Waals surface area contributed by atoms with Crippen LogP contribution in [0.3, 0.4) is 0 Å². The molecular formula is C20H19NO6S. The largest absolute Gasteiger partial charge is 0.460 e. The van der Waals surface area contributed by atoms with E-state index in [1.54, 1.807) is 30.3 Å². The zero-order valence-corrected chi connectivity index (χ0v) is 16.2. The van der Waals surface area contributed by atoms with Crippen molar-refractivity contribution >= 4 is 27.0 Å². The van der Waals surface area contributed by atoms with Gasteiger partial charge in [0.1, 0.15) is 18.2 Å². The molecule has 8 heteroatoms. The Balaban J connectivity index is 1.72. The van der Waals surface area contributed by atoms with E-state index in [0.29, 0.717) is 16.5 Å². The summed E-state index contributed by atoms with van der Waals surface area (Å²) in [4.78, 5) is 24.0. The van der Waals surface area contributed by atoms with Crippen molar-refractivity contribution in [1.82, 2.24) is 4.72 Å².